The van der Waals surface area contributed by atoms with Gasteiger partial charge < -0.3 is 10.4 Å². The van der Waals surface area contributed by atoms with E-state index in [1.54, 1.807) is 33.8 Å². The smallest absolute Gasteiger partial charge is 0.309 e. The largest absolute Gasteiger partial charge is 0.481 e. The van der Waals surface area contributed by atoms with Crippen LogP contribution in [-0.2, 0) is 4.79 Å². The van der Waals surface area contributed by atoms with E-state index in [9.17, 15) is 9.59 Å². The monoisotopic (exact) mass is 265 g/mol. The summed E-state index contributed by atoms with van der Waals surface area (Å²) in [6.07, 6.45) is 0.366. The predicted octanol–water partition coefficient (Wildman–Crippen LogP) is 1.32. The molecule has 0 fully saturated rings. The Labute approximate surface area is 112 Å². The zero-order chi connectivity index (χ0) is 14.6. The van der Waals surface area contributed by atoms with Crippen molar-refractivity contribution in [3.05, 3.63) is 23.0 Å². The summed E-state index contributed by atoms with van der Waals surface area (Å²) in [5, 5.41) is 19.4. The van der Waals surface area contributed by atoms with Gasteiger partial charge in [0.15, 0.2) is 0 Å². The standard InChI is InChI=1S/C13H19N3O3/c1-8-7-10(9(2)16-15-8)11(17)14-6-5-13(3,4)12(18)19/h7H,5-6H2,1-4H3,(H,14,17)(H,18,19). The number of aromatic nitrogens is 2. The topological polar surface area (TPSA) is 92.2 Å². The van der Waals surface area contributed by atoms with Crippen LogP contribution in [0.25, 0.3) is 0 Å². The highest BCUT2D eigenvalue weighted by Gasteiger charge is 2.26. The molecule has 1 amide bonds. The molecular formula is C13H19N3O3. The number of rotatable bonds is 5. The molecule has 6 heteroatoms. The summed E-state index contributed by atoms with van der Waals surface area (Å²) in [6, 6.07) is 1.67. The molecule has 0 aliphatic heterocycles. The van der Waals surface area contributed by atoms with Crippen LogP contribution in [0.4, 0.5) is 0 Å². The summed E-state index contributed by atoms with van der Waals surface area (Å²) < 4.78 is 0. The molecule has 6 nitrogen and oxygen atoms in total. The Morgan fingerprint density at radius 3 is 2.53 bits per heavy atom. The molecule has 1 rings (SSSR count). The fourth-order valence-corrected chi connectivity index (χ4v) is 1.47. The van der Waals surface area contributed by atoms with Crippen LogP contribution >= 0.6 is 0 Å². The Balaban J connectivity index is 2.62. The molecule has 19 heavy (non-hydrogen) atoms. The lowest BCUT2D eigenvalue weighted by atomic mass is 9.90. The molecule has 2 N–H and O–H groups in total. The number of carboxylic acids is 1. The maximum Gasteiger partial charge on any atom is 0.309 e. The first kappa shape index (κ1) is 15.1. The highest BCUT2D eigenvalue weighted by Crippen LogP contribution is 2.19. The summed E-state index contributed by atoms with van der Waals surface area (Å²) in [4.78, 5) is 22.9. The van der Waals surface area contributed by atoms with Gasteiger partial charge in [0.05, 0.1) is 22.4 Å². The van der Waals surface area contributed by atoms with Crippen LogP contribution in [0, 0.1) is 19.3 Å². The fourth-order valence-electron chi connectivity index (χ4n) is 1.47. The number of nitrogens with zero attached hydrogens (tertiary/aromatic N) is 2. The minimum Gasteiger partial charge on any atom is -0.481 e. The molecule has 0 aliphatic carbocycles. The maximum atomic E-state index is 11.9. The second-order valence-corrected chi connectivity index (χ2v) is 5.18. The van der Waals surface area contributed by atoms with Crippen LogP contribution in [0.2, 0.25) is 0 Å². The number of hydrogen-bond acceptors (Lipinski definition) is 4. The zero-order valence-corrected chi connectivity index (χ0v) is 11.6. The van der Waals surface area contributed by atoms with Crippen molar-refractivity contribution in [3.63, 3.8) is 0 Å². The Bertz CT molecular complexity index is 498. The van der Waals surface area contributed by atoms with Gasteiger partial charge in [-0.25, -0.2) is 0 Å². The number of carboxylic acid groups (broad SMARTS) is 1. The van der Waals surface area contributed by atoms with Crippen molar-refractivity contribution in [1.82, 2.24) is 15.5 Å². The minimum absolute atomic E-state index is 0.253. The number of amides is 1. The van der Waals surface area contributed by atoms with E-state index in [0.717, 1.165) is 0 Å². The highest BCUT2D eigenvalue weighted by molar-refractivity contribution is 5.95. The van der Waals surface area contributed by atoms with Crippen LogP contribution in [0.5, 0.6) is 0 Å². The van der Waals surface area contributed by atoms with E-state index < -0.39 is 11.4 Å². The molecular weight excluding hydrogens is 246 g/mol. The van der Waals surface area contributed by atoms with Gasteiger partial charge in [0.25, 0.3) is 5.91 Å². The van der Waals surface area contributed by atoms with Gasteiger partial charge in [-0.15, -0.1) is 0 Å². The van der Waals surface area contributed by atoms with Crippen molar-refractivity contribution in [2.45, 2.75) is 34.1 Å². The van der Waals surface area contributed by atoms with E-state index in [1.165, 1.54) is 0 Å². The molecule has 1 heterocycles. The first-order valence-electron chi connectivity index (χ1n) is 6.06. The van der Waals surface area contributed by atoms with E-state index >= 15 is 0 Å². The first-order valence-corrected chi connectivity index (χ1v) is 6.06. The van der Waals surface area contributed by atoms with Gasteiger partial charge in [0.1, 0.15) is 0 Å². The van der Waals surface area contributed by atoms with Gasteiger partial charge in [0, 0.05) is 6.54 Å². The van der Waals surface area contributed by atoms with Crippen LogP contribution in [0.1, 0.15) is 42.0 Å². The quantitative estimate of drug-likeness (QED) is 0.837. The average molecular weight is 265 g/mol. The zero-order valence-electron chi connectivity index (χ0n) is 11.6. The molecule has 0 atom stereocenters. The second kappa shape index (κ2) is 5.77. The normalized spacial score (nSPS) is 11.2. The van der Waals surface area contributed by atoms with Gasteiger partial charge in [-0.1, -0.05) is 0 Å². The van der Waals surface area contributed by atoms with Crippen molar-refractivity contribution >= 4 is 11.9 Å². The third-order valence-electron chi connectivity index (χ3n) is 2.96. The number of hydrogen-bond donors (Lipinski definition) is 2. The van der Waals surface area contributed by atoms with E-state index in [0.29, 0.717) is 29.9 Å². The first-order chi connectivity index (χ1) is 8.74. The van der Waals surface area contributed by atoms with Crippen molar-refractivity contribution in [2.24, 2.45) is 5.41 Å². The third kappa shape index (κ3) is 4.01. The second-order valence-electron chi connectivity index (χ2n) is 5.18. The number of aliphatic carboxylic acids is 1. The summed E-state index contributed by atoms with van der Waals surface area (Å²) >= 11 is 0. The number of carbonyl (C=O) groups is 2. The van der Waals surface area contributed by atoms with Crippen molar-refractivity contribution in [1.29, 1.82) is 0 Å². The minimum atomic E-state index is -0.876. The summed E-state index contributed by atoms with van der Waals surface area (Å²) in [6.45, 7) is 7.04. The molecule has 0 saturated heterocycles. The van der Waals surface area contributed by atoms with Crippen molar-refractivity contribution < 1.29 is 14.7 Å². The highest BCUT2D eigenvalue weighted by atomic mass is 16.4. The van der Waals surface area contributed by atoms with Gasteiger partial charge in [-0.3, -0.25) is 9.59 Å². The number of nitrogens with one attached hydrogen (secondary N) is 1. The third-order valence-corrected chi connectivity index (χ3v) is 2.96. The van der Waals surface area contributed by atoms with Gasteiger partial charge in [0.2, 0.25) is 0 Å². The van der Waals surface area contributed by atoms with Crippen LogP contribution < -0.4 is 5.32 Å². The molecule has 0 saturated carbocycles. The molecule has 0 bridgehead atoms. The van der Waals surface area contributed by atoms with E-state index in [2.05, 4.69) is 15.5 Å². The van der Waals surface area contributed by atoms with Crippen LogP contribution in [-0.4, -0.2) is 33.7 Å². The summed E-state index contributed by atoms with van der Waals surface area (Å²) in [7, 11) is 0. The SMILES string of the molecule is Cc1cc(C(=O)NCCC(C)(C)C(=O)O)c(C)nn1. The molecule has 0 unspecified atom stereocenters. The molecule has 1 aromatic rings. The molecule has 1 aromatic heterocycles. The van der Waals surface area contributed by atoms with Gasteiger partial charge in [-0.05, 0) is 40.2 Å². The van der Waals surface area contributed by atoms with E-state index in [4.69, 9.17) is 5.11 Å². The molecule has 0 radical (unpaired) electrons. The van der Waals surface area contributed by atoms with Gasteiger partial charge in [-0.2, -0.15) is 10.2 Å². The van der Waals surface area contributed by atoms with Gasteiger partial charge >= 0.3 is 5.97 Å². The summed E-state index contributed by atoms with van der Waals surface area (Å²) in [5.74, 6) is -1.13. The Morgan fingerprint density at radius 1 is 1.32 bits per heavy atom. The van der Waals surface area contributed by atoms with Crippen LogP contribution in [0.15, 0.2) is 6.07 Å². The van der Waals surface area contributed by atoms with Crippen molar-refractivity contribution in [2.75, 3.05) is 6.54 Å². The molecule has 0 aromatic carbocycles. The number of aryl methyl sites for hydroxylation is 2. The summed E-state index contributed by atoms with van der Waals surface area (Å²) in [5.41, 5.74) is 0.845. The Morgan fingerprint density at radius 2 is 1.95 bits per heavy atom. The lowest BCUT2D eigenvalue weighted by molar-refractivity contribution is -0.147. The Hall–Kier alpha value is -1.98. The van der Waals surface area contributed by atoms with Crippen LogP contribution in [0.3, 0.4) is 0 Å². The lowest BCUT2D eigenvalue weighted by Gasteiger charge is -2.19. The lowest BCUT2D eigenvalue weighted by Crippen LogP contribution is -2.32. The number of carbonyl (C=O) groups excluding carboxylic acids is 1. The maximum absolute atomic E-state index is 11.9. The predicted molar refractivity (Wildman–Crippen MR) is 69.9 cm³/mol. The molecule has 104 valence electrons. The van der Waals surface area contributed by atoms with E-state index in [-0.39, 0.29) is 5.91 Å². The van der Waals surface area contributed by atoms with E-state index in [1.807, 2.05) is 0 Å². The van der Waals surface area contributed by atoms with Crippen molar-refractivity contribution in [3.8, 4) is 0 Å². The molecule has 0 spiro atoms. The average Bonchev–Trinajstić information content (AvgIpc) is 2.31. The molecule has 0 aliphatic rings. The fraction of sp³-hybridized carbons (Fsp3) is 0.538. The Kier molecular flexibility index (Phi) is 4.58.